The first-order valence-corrected chi connectivity index (χ1v) is 7.55. The van der Waals surface area contributed by atoms with Crippen LogP contribution in [0.3, 0.4) is 0 Å². The molecule has 6 nitrogen and oxygen atoms in total. The quantitative estimate of drug-likeness (QED) is 0.544. The monoisotopic (exact) mass is 356 g/mol. The number of benzene rings is 2. The number of amides is 1. The average Bonchev–Trinajstić information content (AvgIpc) is 3.14. The Labute approximate surface area is 147 Å². The Morgan fingerprint density at radius 1 is 1.19 bits per heavy atom. The largest absolute Gasteiger partial charge is 0.497 e. The number of aromatic amines is 1. The van der Waals surface area contributed by atoms with Crippen LogP contribution in [0.4, 0.5) is 8.78 Å². The van der Waals surface area contributed by atoms with Crippen molar-refractivity contribution in [2.24, 2.45) is 5.10 Å². The molecule has 1 amide bonds. The summed E-state index contributed by atoms with van der Waals surface area (Å²) in [5.74, 6) is -1.43. The Bertz CT molecular complexity index is 932. The van der Waals surface area contributed by atoms with Gasteiger partial charge in [-0.1, -0.05) is 6.07 Å². The first-order valence-electron chi connectivity index (χ1n) is 7.55. The van der Waals surface area contributed by atoms with E-state index in [0.717, 1.165) is 23.9 Å². The highest BCUT2D eigenvalue weighted by Crippen LogP contribution is 2.21. The van der Waals surface area contributed by atoms with Gasteiger partial charge >= 0.3 is 0 Å². The summed E-state index contributed by atoms with van der Waals surface area (Å²) >= 11 is 0. The van der Waals surface area contributed by atoms with E-state index in [0.29, 0.717) is 11.4 Å². The van der Waals surface area contributed by atoms with Gasteiger partial charge in [-0.15, -0.1) is 0 Å². The zero-order valence-corrected chi connectivity index (χ0v) is 13.7. The van der Waals surface area contributed by atoms with Crippen molar-refractivity contribution in [1.82, 2.24) is 15.6 Å². The lowest BCUT2D eigenvalue weighted by molar-refractivity contribution is 0.0950. The van der Waals surface area contributed by atoms with Crippen molar-refractivity contribution in [2.45, 2.75) is 0 Å². The van der Waals surface area contributed by atoms with E-state index in [1.165, 1.54) is 12.1 Å². The molecule has 0 fully saturated rings. The molecule has 26 heavy (non-hydrogen) atoms. The number of carbonyl (C=O) groups excluding carboxylic acids is 1. The van der Waals surface area contributed by atoms with Crippen LogP contribution in [0.2, 0.25) is 0 Å². The van der Waals surface area contributed by atoms with Gasteiger partial charge in [0.2, 0.25) is 0 Å². The van der Waals surface area contributed by atoms with Gasteiger partial charge in [0.15, 0.2) is 0 Å². The average molecular weight is 356 g/mol. The van der Waals surface area contributed by atoms with Gasteiger partial charge in [-0.2, -0.15) is 10.2 Å². The molecule has 0 aliphatic heterocycles. The maximum Gasteiger partial charge on any atom is 0.289 e. The molecule has 0 spiro atoms. The molecule has 132 valence electrons. The standard InChI is InChI=1S/C18H14F2N4O2/c1-26-12-7-5-11(6-8-12)16-9-17(23-22-16)18(25)24-21-10-13-14(19)3-2-4-15(13)20/h2-10H,1H3,(H,22,23)(H,24,25)/b21-10-. The predicted octanol–water partition coefficient (Wildman–Crippen LogP) is 3.13. The molecule has 2 N–H and O–H groups in total. The maximum atomic E-state index is 13.5. The van der Waals surface area contributed by atoms with Crippen LogP contribution in [0.25, 0.3) is 11.3 Å². The molecule has 0 unspecified atom stereocenters. The summed E-state index contributed by atoms with van der Waals surface area (Å²) in [7, 11) is 1.57. The Morgan fingerprint density at radius 3 is 2.54 bits per heavy atom. The number of H-pyrrole nitrogens is 1. The summed E-state index contributed by atoms with van der Waals surface area (Å²) in [5.41, 5.74) is 3.36. The number of aromatic nitrogens is 2. The van der Waals surface area contributed by atoms with Gasteiger partial charge in [0, 0.05) is 5.56 Å². The summed E-state index contributed by atoms with van der Waals surface area (Å²) in [4.78, 5) is 12.0. The van der Waals surface area contributed by atoms with E-state index in [1.54, 1.807) is 31.4 Å². The number of halogens is 2. The minimum atomic E-state index is -0.772. The fourth-order valence-electron chi connectivity index (χ4n) is 2.20. The second-order valence-corrected chi connectivity index (χ2v) is 5.23. The molecule has 1 heterocycles. The third-order valence-corrected chi connectivity index (χ3v) is 3.57. The van der Waals surface area contributed by atoms with Gasteiger partial charge in [-0.05, 0) is 42.5 Å². The third kappa shape index (κ3) is 3.75. The van der Waals surface area contributed by atoms with E-state index in [1.807, 2.05) is 0 Å². The van der Waals surface area contributed by atoms with Gasteiger partial charge in [0.25, 0.3) is 5.91 Å². The second-order valence-electron chi connectivity index (χ2n) is 5.23. The molecule has 1 aromatic heterocycles. The van der Waals surface area contributed by atoms with Crippen molar-refractivity contribution in [3.05, 3.63) is 71.4 Å². The van der Waals surface area contributed by atoms with Crippen molar-refractivity contribution >= 4 is 12.1 Å². The Balaban J connectivity index is 1.69. The fraction of sp³-hybridized carbons (Fsp3) is 0.0556. The summed E-state index contributed by atoms with van der Waals surface area (Å²) in [6, 6.07) is 12.1. The van der Waals surface area contributed by atoms with E-state index >= 15 is 0 Å². The normalized spacial score (nSPS) is 10.9. The molecule has 0 atom stereocenters. The molecule has 0 radical (unpaired) electrons. The summed E-state index contributed by atoms with van der Waals surface area (Å²) in [6.45, 7) is 0. The van der Waals surface area contributed by atoms with Crippen LogP contribution >= 0.6 is 0 Å². The van der Waals surface area contributed by atoms with E-state index in [-0.39, 0.29) is 11.3 Å². The van der Waals surface area contributed by atoms with Crippen molar-refractivity contribution in [3.8, 4) is 17.0 Å². The molecule has 2 aromatic carbocycles. The molecule has 0 saturated heterocycles. The highest BCUT2D eigenvalue weighted by Gasteiger charge is 2.11. The van der Waals surface area contributed by atoms with Crippen LogP contribution in [-0.4, -0.2) is 29.4 Å². The fourth-order valence-corrected chi connectivity index (χ4v) is 2.20. The molecule has 0 bridgehead atoms. The second kappa shape index (κ2) is 7.56. The lowest BCUT2D eigenvalue weighted by atomic mass is 10.1. The van der Waals surface area contributed by atoms with E-state index in [4.69, 9.17) is 4.74 Å². The van der Waals surface area contributed by atoms with E-state index < -0.39 is 17.5 Å². The molecule has 0 aliphatic rings. The molecular weight excluding hydrogens is 342 g/mol. The number of rotatable bonds is 5. The van der Waals surface area contributed by atoms with Gasteiger partial charge in [-0.25, -0.2) is 14.2 Å². The van der Waals surface area contributed by atoms with Gasteiger partial charge in [0.05, 0.1) is 24.6 Å². The van der Waals surface area contributed by atoms with Crippen LogP contribution in [0.1, 0.15) is 16.1 Å². The van der Waals surface area contributed by atoms with E-state index in [2.05, 4.69) is 20.7 Å². The molecule has 0 saturated carbocycles. The molecule has 0 aliphatic carbocycles. The third-order valence-electron chi connectivity index (χ3n) is 3.57. The number of hydrogen-bond acceptors (Lipinski definition) is 4. The number of nitrogens with one attached hydrogen (secondary N) is 2. The minimum Gasteiger partial charge on any atom is -0.497 e. The predicted molar refractivity (Wildman–Crippen MR) is 92.0 cm³/mol. The number of hydrogen-bond donors (Lipinski definition) is 2. The molecular formula is C18H14F2N4O2. The van der Waals surface area contributed by atoms with E-state index in [9.17, 15) is 13.6 Å². The first-order chi connectivity index (χ1) is 12.6. The maximum absolute atomic E-state index is 13.5. The Hall–Kier alpha value is -3.55. The number of nitrogens with zero attached hydrogens (tertiary/aromatic N) is 2. The van der Waals surface area contributed by atoms with Crippen LogP contribution in [0.15, 0.2) is 53.6 Å². The van der Waals surface area contributed by atoms with Gasteiger partial charge < -0.3 is 4.74 Å². The smallest absolute Gasteiger partial charge is 0.289 e. The lowest BCUT2D eigenvalue weighted by Gasteiger charge is -2.00. The zero-order valence-electron chi connectivity index (χ0n) is 13.7. The number of methoxy groups -OCH3 is 1. The highest BCUT2D eigenvalue weighted by atomic mass is 19.1. The van der Waals surface area contributed by atoms with Crippen LogP contribution in [0, 0.1) is 11.6 Å². The summed E-state index contributed by atoms with van der Waals surface area (Å²) in [6.07, 6.45) is 0.906. The Morgan fingerprint density at radius 2 is 1.88 bits per heavy atom. The van der Waals surface area contributed by atoms with Crippen LogP contribution in [0.5, 0.6) is 5.75 Å². The van der Waals surface area contributed by atoms with Crippen molar-refractivity contribution in [3.63, 3.8) is 0 Å². The summed E-state index contributed by atoms with van der Waals surface area (Å²) < 4.78 is 32.0. The highest BCUT2D eigenvalue weighted by molar-refractivity contribution is 5.94. The SMILES string of the molecule is COc1ccc(-c2cc(C(=O)N/N=C\c3c(F)cccc3F)[nH]n2)cc1. The molecule has 3 aromatic rings. The van der Waals surface area contributed by atoms with Crippen molar-refractivity contribution in [2.75, 3.05) is 7.11 Å². The van der Waals surface area contributed by atoms with Gasteiger partial charge in [-0.3, -0.25) is 9.89 Å². The Kier molecular flexibility index (Phi) is 5.02. The van der Waals surface area contributed by atoms with Crippen molar-refractivity contribution in [1.29, 1.82) is 0 Å². The number of ether oxygens (including phenoxy) is 1. The number of carbonyl (C=O) groups is 1. The van der Waals surface area contributed by atoms with Crippen LogP contribution < -0.4 is 10.2 Å². The topological polar surface area (TPSA) is 79.4 Å². The minimum absolute atomic E-state index is 0.155. The summed E-state index contributed by atoms with van der Waals surface area (Å²) in [5, 5.41) is 10.2. The molecule has 8 heteroatoms. The first kappa shape index (κ1) is 17.3. The van der Waals surface area contributed by atoms with Gasteiger partial charge in [0.1, 0.15) is 23.1 Å². The molecule has 3 rings (SSSR count). The van der Waals surface area contributed by atoms with Crippen molar-refractivity contribution < 1.29 is 18.3 Å². The lowest BCUT2D eigenvalue weighted by Crippen LogP contribution is -2.18. The zero-order chi connectivity index (χ0) is 18.5. The van der Waals surface area contributed by atoms with Crippen LogP contribution in [-0.2, 0) is 0 Å². The number of hydrazone groups is 1.